The number of nitrogens with zero attached hydrogens (tertiary/aromatic N) is 1. The number of amides is 1. The van der Waals surface area contributed by atoms with E-state index in [0.717, 1.165) is 12.2 Å². The van der Waals surface area contributed by atoms with E-state index in [-0.39, 0.29) is 12.1 Å². The van der Waals surface area contributed by atoms with Gasteiger partial charge in [0.1, 0.15) is 0 Å². The molecule has 0 aromatic heterocycles. The van der Waals surface area contributed by atoms with Gasteiger partial charge < -0.3 is 4.90 Å². The largest absolute Gasteiger partial charge is 0.335 e. The van der Waals surface area contributed by atoms with Gasteiger partial charge in [0, 0.05) is 16.7 Å². The summed E-state index contributed by atoms with van der Waals surface area (Å²) in [6.45, 7) is 4.18. The van der Waals surface area contributed by atoms with Crippen LogP contribution in [0.25, 0.3) is 0 Å². The lowest BCUT2D eigenvalue weighted by Gasteiger charge is -2.31. The highest BCUT2D eigenvalue weighted by molar-refractivity contribution is 7.99. The Morgan fingerprint density at radius 1 is 1.00 bits per heavy atom. The molecule has 0 bridgehead atoms. The third kappa shape index (κ3) is 4.36. The highest BCUT2D eigenvalue weighted by Crippen LogP contribution is 2.25. The van der Waals surface area contributed by atoms with Gasteiger partial charge in [-0.15, -0.1) is 11.8 Å². The Balaban J connectivity index is 1.98. The van der Waals surface area contributed by atoms with Crippen LogP contribution in [-0.4, -0.2) is 23.1 Å². The number of benzene rings is 2. The van der Waals surface area contributed by atoms with Gasteiger partial charge in [-0.25, -0.2) is 0 Å². The Kier molecular flexibility index (Phi) is 5.88. The van der Waals surface area contributed by atoms with Crippen molar-refractivity contribution in [3.8, 4) is 0 Å². The number of hydrogen-bond donors (Lipinski definition) is 0. The number of carbonyl (C=O) groups is 1. The minimum absolute atomic E-state index is 0.0927. The second kappa shape index (κ2) is 7.89. The molecular weight excluding hydrogens is 278 g/mol. The third-order valence-corrected chi connectivity index (χ3v) is 4.85. The smallest absolute Gasteiger partial charge is 0.210 e. The second-order valence-electron chi connectivity index (χ2n) is 5.11. The van der Waals surface area contributed by atoms with Crippen LogP contribution in [0.4, 0.5) is 0 Å². The SMILES string of the molecule is C[C@@H](CSc1ccccc1)N(C=O)[C@@H](C)c1ccccc1. The van der Waals surface area contributed by atoms with E-state index in [0.29, 0.717) is 0 Å². The molecule has 0 spiro atoms. The van der Waals surface area contributed by atoms with E-state index in [2.05, 4.69) is 38.1 Å². The molecule has 2 atom stereocenters. The fraction of sp³-hybridized carbons (Fsp3) is 0.278. The summed E-state index contributed by atoms with van der Waals surface area (Å²) < 4.78 is 0. The lowest BCUT2D eigenvalue weighted by Crippen LogP contribution is -2.35. The molecule has 3 heteroatoms. The van der Waals surface area contributed by atoms with Crippen LogP contribution in [0.3, 0.4) is 0 Å². The van der Waals surface area contributed by atoms with Crippen molar-refractivity contribution in [1.29, 1.82) is 0 Å². The molecule has 2 aromatic rings. The van der Waals surface area contributed by atoms with Gasteiger partial charge >= 0.3 is 0 Å². The summed E-state index contributed by atoms with van der Waals surface area (Å²) in [4.78, 5) is 14.6. The molecule has 110 valence electrons. The Morgan fingerprint density at radius 2 is 1.57 bits per heavy atom. The Bertz CT molecular complexity index is 544. The first-order valence-corrected chi connectivity index (χ1v) is 8.16. The molecule has 21 heavy (non-hydrogen) atoms. The fourth-order valence-corrected chi connectivity index (χ4v) is 3.26. The minimum atomic E-state index is 0.0927. The standard InChI is InChI=1S/C18H21NOS/c1-15(13-21-18-11-7-4-8-12-18)19(14-20)16(2)17-9-5-3-6-10-17/h3-12,14-16H,13H2,1-2H3/t15-,16-/m0/s1. The summed E-state index contributed by atoms with van der Waals surface area (Å²) in [7, 11) is 0. The van der Waals surface area contributed by atoms with E-state index in [1.807, 2.05) is 41.3 Å². The zero-order chi connectivity index (χ0) is 15.1. The molecule has 0 fully saturated rings. The van der Waals surface area contributed by atoms with Crippen molar-refractivity contribution in [3.05, 3.63) is 66.2 Å². The normalized spacial score (nSPS) is 13.4. The molecule has 0 aliphatic rings. The number of thioether (sulfide) groups is 1. The number of hydrogen-bond acceptors (Lipinski definition) is 2. The van der Waals surface area contributed by atoms with Gasteiger partial charge in [-0.1, -0.05) is 48.5 Å². The predicted molar refractivity (Wildman–Crippen MR) is 89.4 cm³/mol. The quantitative estimate of drug-likeness (QED) is 0.558. The monoisotopic (exact) mass is 299 g/mol. The van der Waals surface area contributed by atoms with Crippen LogP contribution in [0, 0.1) is 0 Å². The fourth-order valence-electron chi connectivity index (χ4n) is 2.30. The molecule has 2 rings (SSSR count). The van der Waals surface area contributed by atoms with E-state index >= 15 is 0 Å². The molecule has 0 unspecified atom stereocenters. The van der Waals surface area contributed by atoms with Gasteiger partial charge in [-0.3, -0.25) is 4.79 Å². The summed E-state index contributed by atoms with van der Waals surface area (Å²) in [5, 5.41) is 0. The van der Waals surface area contributed by atoms with Gasteiger partial charge in [0.05, 0.1) is 6.04 Å². The first kappa shape index (κ1) is 15.6. The maximum Gasteiger partial charge on any atom is 0.210 e. The predicted octanol–water partition coefficient (Wildman–Crippen LogP) is 4.39. The highest BCUT2D eigenvalue weighted by Gasteiger charge is 2.19. The second-order valence-corrected chi connectivity index (χ2v) is 6.21. The van der Waals surface area contributed by atoms with Crippen molar-refractivity contribution in [2.45, 2.75) is 30.8 Å². The molecule has 0 saturated carbocycles. The van der Waals surface area contributed by atoms with Crippen molar-refractivity contribution >= 4 is 18.2 Å². The molecule has 0 N–H and O–H groups in total. The molecule has 2 nitrogen and oxygen atoms in total. The molecule has 0 heterocycles. The topological polar surface area (TPSA) is 20.3 Å². The van der Waals surface area contributed by atoms with Gasteiger partial charge in [0.15, 0.2) is 0 Å². The van der Waals surface area contributed by atoms with Crippen molar-refractivity contribution in [3.63, 3.8) is 0 Å². The molecule has 0 radical (unpaired) electrons. The van der Waals surface area contributed by atoms with Crippen LogP contribution >= 0.6 is 11.8 Å². The summed E-state index contributed by atoms with van der Waals surface area (Å²) >= 11 is 1.78. The average molecular weight is 299 g/mol. The minimum Gasteiger partial charge on any atom is -0.335 e. The van der Waals surface area contributed by atoms with E-state index < -0.39 is 0 Å². The van der Waals surface area contributed by atoms with Crippen LogP contribution in [0.15, 0.2) is 65.6 Å². The van der Waals surface area contributed by atoms with Gasteiger partial charge in [-0.05, 0) is 31.5 Å². The van der Waals surface area contributed by atoms with E-state index in [9.17, 15) is 4.79 Å². The van der Waals surface area contributed by atoms with Gasteiger partial charge in [-0.2, -0.15) is 0 Å². The van der Waals surface area contributed by atoms with Crippen molar-refractivity contribution in [2.75, 3.05) is 5.75 Å². The van der Waals surface area contributed by atoms with E-state index in [4.69, 9.17) is 0 Å². The van der Waals surface area contributed by atoms with E-state index in [1.54, 1.807) is 11.8 Å². The molecular formula is C18H21NOS. The molecule has 0 saturated heterocycles. The molecule has 2 aromatic carbocycles. The Hall–Kier alpha value is -1.74. The third-order valence-electron chi connectivity index (χ3n) is 3.59. The number of carbonyl (C=O) groups excluding carboxylic acids is 1. The van der Waals surface area contributed by atoms with Crippen LogP contribution in [0.1, 0.15) is 25.5 Å². The maximum absolute atomic E-state index is 11.5. The summed E-state index contributed by atoms with van der Waals surface area (Å²) in [6, 6.07) is 20.7. The first-order chi connectivity index (χ1) is 10.2. The Labute approximate surface area is 131 Å². The highest BCUT2D eigenvalue weighted by atomic mass is 32.2. The van der Waals surface area contributed by atoms with Crippen molar-refractivity contribution in [1.82, 2.24) is 4.90 Å². The van der Waals surface area contributed by atoms with Crippen LogP contribution in [0.2, 0.25) is 0 Å². The zero-order valence-electron chi connectivity index (χ0n) is 12.5. The van der Waals surface area contributed by atoms with Crippen LogP contribution in [0.5, 0.6) is 0 Å². The summed E-state index contributed by atoms with van der Waals surface area (Å²) in [5.74, 6) is 0.889. The number of rotatable bonds is 7. The van der Waals surface area contributed by atoms with Crippen molar-refractivity contribution < 1.29 is 4.79 Å². The first-order valence-electron chi connectivity index (χ1n) is 7.18. The van der Waals surface area contributed by atoms with Crippen LogP contribution < -0.4 is 0 Å². The molecule has 0 aliphatic heterocycles. The van der Waals surface area contributed by atoms with Crippen molar-refractivity contribution in [2.24, 2.45) is 0 Å². The van der Waals surface area contributed by atoms with Gasteiger partial charge in [0.2, 0.25) is 6.41 Å². The summed E-state index contributed by atoms with van der Waals surface area (Å²) in [6.07, 6.45) is 0.966. The lowest BCUT2D eigenvalue weighted by molar-refractivity contribution is -0.121. The molecule has 1 amide bonds. The lowest BCUT2D eigenvalue weighted by atomic mass is 10.1. The maximum atomic E-state index is 11.5. The van der Waals surface area contributed by atoms with Gasteiger partial charge in [0.25, 0.3) is 0 Å². The molecule has 0 aliphatic carbocycles. The van der Waals surface area contributed by atoms with E-state index in [1.165, 1.54) is 10.5 Å². The van der Waals surface area contributed by atoms with Crippen LogP contribution in [-0.2, 0) is 4.79 Å². The Morgan fingerprint density at radius 3 is 2.14 bits per heavy atom. The summed E-state index contributed by atoms with van der Waals surface area (Å²) in [5.41, 5.74) is 1.17. The zero-order valence-corrected chi connectivity index (χ0v) is 13.3. The average Bonchev–Trinajstić information content (AvgIpc) is 2.55.